The Morgan fingerprint density at radius 3 is 2.21 bits per heavy atom. The van der Waals surface area contributed by atoms with E-state index in [9.17, 15) is 22.8 Å². The number of nitrogens with zero attached hydrogens (tertiary/aromatic N) is 3. The van der Waals surface area contributed by atoms with Crippen molar-refractivity contribution >= 4 is 34.4 Å². The van der Waals surface area contributed by atoms with Crippen molar-refractivity contribution in [3.8, 4) is 5.75 Å². The predicted octanol–water partition coefficient (Wildman–Crippen LogP) is 6.65. The molecule has 2 saturated heterocycles. The minimum Gasteiger partial charge on any atom is -0.451 e. The number of piperazine rings is 1. The van der Waals surface area contributed by atoms with Gasteiger partial charge in [-0.2, -0.15) is 0 Å². The lowest BCUT2D eigenvalue weighted by Gasteiger charge is -2.34. The Labute approximate surface area is 276 Å². The minimum absolute atomic E-state index is 0.0336. The van der Waals surface area contributed by atoms with Gasteiger partial charge in [0, 0.05) is 69.3 Å². The van der Waals surface area contributed by atoms with Crippen LogP contribution in [0.4, 0.5) is 13.2 Å². The van der Waals surface area contributed by atoms with E-state index >= 15 is 0 Å². The topological polar surface area (TPSA) is 78.3 Å². The lowest BCUT2D eigenvalue weighted by molar-refractivity contribution is -0.274. The lowest BCUT2D eigenvalue weighted by Crippen LogP contribution is -2.48. The van der Waals surface area contributed by atoms with Gasteiger partial charge in [-0.3, -0.25) is 19.4 Å². The van der Waals surface area contributed by atoms with E-state index in [0.29, 0.717) is 62.1 Å². The number of ether oxygens (including phenoxy) is 1. The molecule has 1 aromatic heterocycles. The first-order chi connectivity index (χ1) is 22.5. The number of hydrogen-bond donors (Lipinski definition) is 1. The van der Waals surface area contributed by atoms with E-state index in [1.165, 1.54) is 23.3 Å². The molecule has 2 fully saturated rings. The number of carbonyl (C=O) groups is 2. The van der Waals surface area contributed by atoms with Crippen LogP contribution < -0.4 is 10.1 Å². The summed E-state index contributed by atoms with van der Waals surface area (Å²) >= 11 is 5.99. The van der Waals surface area contributed by atoms with Crippen molar-refractivity contribution in [1.82, 2.24) is 20.0 Å². The first-order valence-corrected chi connectivity index (χ1v) is 16.0. The number of nitrogens with one attached hydrogen (secondary N) is 1. The highest BCUT2D eigenvalue weighted by Gasteiger charge is 2.32. The molecule has 4 aromatic rings. The largest absolute Gasteiger partial charge is 0.573 e. The Hall–Kier alpha value is -4.06. The van der Waals surface area contributed by atoms with Crippen molar-refractivity contribution in [2.75, 3.05) is 39.3 Å². The fourth-order valence-electron chi connectivity index (χ4n) is 6.13. The van der Waals surface area contributed by atoms with Crippen molar-refractivity contribution in [3.63, 3.8) is 0 Å². The Morgan fingerprint density at radius 2 is 1.53 bits per heavy atom. The molecule has 248 valence electrons. The van der Waals surface area contributed by atoms with Gasteiger partial charge in [0.2, 0.25) is 0 Å². The van der Waals surface area contributed by atoms with Gasteiger partial charge >= 0.3 is 6.36 Å². The van der Waals surface area contributed by atoms with Crippen molar-refractivity contribution in [2.24, 2.45) is 0 Å². The molecule has 3 aromatic carbocycles. The molecule has 2 aliphatic heterocycles. The van der Waals surface area contributed by atoms with Crippen LogP contribution in [0.25, 0.3) is 11.0 Å². The maximum Gasteiger partial charge on any atom is 0.573 e. The molecule has 0 saturated carbocycles. The van der Waals surface area contributed by atoms with Gasteiger partial charge in [0.05, 0.1) is 5.02 Å². The Morgan fingerprint density at radius 1 is 0.872 bits per heavy atom. The molecule has 0 radical (unpaired) electrons. The van der Waals surface area contributed by atoms with E-state index in [0.717, 1.165) is 25.2 Å². The number of carbonyl (C=O) groups excluding carboxylic acids is 2. The van der Waals surface area contributed by atoms with Gasteiger partial charge < -0.3 is 19.4 Å². The summed E-state index contributed by atoms with van der Waals surface area (Å²) < 4.78 is 47.3. The van der Waals surface area contributed by atoms with Crippen LogP contribution in [0.1, 0.15) is 50.4 Å². The number of aryl methyl sites for hydroxylation is 1. The molecule has 0 bridgehead atoms. The zero-order valence-electron chi connectivity index (χ0n) is 26.0. The zero-order chi connectivity index (χ0) is 33.1. The number of piperidine rings is 1. The number of alkyl halides is 3. The van der Waals surface area contributed by atoms with Gasteiger partial charge in [-0.15, -0.1) is 13.2 Å². The molecular weight excluding hydrogens is 633 g/mol. The highest BCUT2D eigenvalue weighted by molar-refractivity contribution is 6.32. The summed E-state index contributed by atoms with van der Waals surface area (Å²) in [6, 6.07) is 19.7. The van der Waals surface area contributed by atoms with Crippen LogP contribution in [-0.4, -0.2) is 78.2 Å². The van der Waals surface area contributed by atoms with Crippen LogP contribution in [0.15, 0.2) is 71.1 Å². The van der Waals surface area contributed by atoms with E-state index in [1.54, 1.807) is 30.3 Å². The molecule has 0 atom stereocenters. The summed E-state index contributed by atoms with van der Waals surface area (Å²) in [6.07, 6.45) is -3.40. The summed E-state index contributed by atoms with van der Waals surface area (Å²) in [5, 5.41) is 3.64. The monoisotopic (exact) mass is 668 g/mol. The molecule has 8 nitrogen and oxygen atoms in total. The van der Waals surface area contributed by atoms with Gasteiger partial charge in [0.1, 0.15) is 11.3 Å². The Balaban J connectivity index is 0.980. The summed E-state index contributed by atoms with van der Waals surface area (Å²) in [5.74, 6) is -0.591. The molecule has 0 spiro atoms. The quantitative estimate of drug-likeness (QED) is 0.227. The first-order valence-electron chi connectivity index (χ1n) is 15.7. The van der Waals surface area contributed by atoms with Crippen molar-refractivity contribution in [1.29, 1.82) is 0 Å². The standard InChI is InChI=1S/C35H36ClF3N4O4/c1-23-2-4-24(5-3-23)21-42-14-16-43(17-15-42)34(45)26-7-9-30-27(19-26)20-32(46-30)33(44)40-28-10-12-41(13-11-28)22-25-6-8-31(29(36)18-25)47-35(37,38)39/h2-9,18-20,28H,10-17,21-22H2,1H3,(H,40,44). The number of hydrogen-bond acceptors (Lipinski definition) is 6. The van der Waals surface area contributed by atoms with Crippen molar-refractivity contribution in [3.05, 3.63) is 99.8 Å². The number of likely N-dealkylation sites (tertiary alicyclic amines) is 1. The minimum atomic E-state index is -4.80. The molecule has 1 N–H and O–H groups in total. The fraction of sp³-hybridized carbons (Fsp3) is 0.371. The summed E-state index contributed by atoms with van der Waals surface area (Å²) in [6.45, 7) is 7.75. The highest BCUT2D eigenvalue weighted by Crippen LogP contribution is 2.31. The normalized spacial score (nSPS) is 16.8. The van der Waals surface area contributed by atoms with Gasteiger partial charge in [-0.1, -0.05) is 47.5 Å². The molecule has 3 heterocycles. The predicted molar refractivity (Wildman–Crippen MR) is 172 cm³/mol. The number of furan rings is 1. The molecule has 0 unspecified atom stereocenters. The number of fused-ring (bicyclic) bond motifs is 1. The van der Waals surface area contributed by atoms with Gasteiger partial charge in [-0.05, 0) is 67.3 Å². The second-order valence-electron chi connectivity index (χ2n) is 12.3. The van der Waals surface area contributed by atoms with E-state index in [1.807, 2.05) is 4.90 Å². The number of benzene rings is 3. The van der Waals surface area contributed by atoms with E-state index in [4.69, 9.17) is 16.0 Å². The van der Waals surface area contributed by atoms with Gasteiger partial charge in [0.25, 0.3) is 11.8 Å². The third kappa shape index (κ3) is 8.46. The van der Waals surface area contributed by atoms with Gasteiger partial charge in [0.15, 0.2) is 5.76 Å². The summed E-state index contributed by atoms with van der Waals surface area (Å²) in [7, 11) is 0. The third-order valence-electron chi connectivity index (χ3n) is 8.72. The van der Waals surface area contributed by atoms with Gasteiger partial charge in [-0.25, -0.2) is 0 Å². The Bertz CT molecular complexity index is 1730. The second-order valence-corrected chi connectivity index (χ2v) is 12.7. The van der Waals surface area contributed by atoms with Crippen LogP contribution in [0.5, 0.6) is 5.75 Å². The molecule has 2 aliphatic rings. The number of rotatable bonds is 8. The average molecular weight is 669 g/mol. The van der Waals surface area contributed by atoms with Crippen LogP contribution in [0.2, 0.25) is 5.02 Å². The molecular formula is C35H36ClF3N4O4. The van der Waals surface area contributed by atoms with Crippen LogP contribution in [0.3, 0.4) is 0 Å². The smallest absolute Gasteiger partial charge is 0.451 e. The molecule has 2 amide bonds. The van der Waals surface area contributed by atoms with E-state index < -0.39 is 12.1 Å². The molecule has 6 rings (SSSR count). The zero-order valence-corrected chi connectivity index (χ0v) is 26.7. The second kappa shape index (κ2) is 14.0. The lowest BCUT2D eigenvalue weighted by atomic mass is 10.0. The molecule has 12 heteroatoms. The third-order valence-corrected chi connectivity index (χ3v) is 9.02. The number of amides is 2. The van der Waals surface area contributed by atoms with Crippen molar-refractivity contribution in [2.45, 2.75) is 45.3 Å². The summed E-state index contributed by atoms with van der Waals surface area (Å²) in [5.41, 5.74) is 4.38. The maximum atomic E-state index is 13.3. The first kappa shape index (κ1) is 32.9. The molecule has 47 heavy (non-hydrogen) atoms. The van der Waals surface area contributed by atoms with Crippen LogP contribution >= 0.6 is 11.6 Å². The van der Waals surface area contributed by atoms with E-state index in [2.05, 4.69) is 51.0 Å². The average Bonchev–Trinajstić information content (AvgIpc) is 3.48. The van der Waals surface area contributed by atoms with Crippen LogP contribution in [0, 0.1) is 6.92 Å². The highest BCUT2D eigenvalue weighted by atomic mass is 35.5. The maximum absolute atomic E-state index is 13.3. The molecule has 0 aliphatic carbocycles. The fourth-order valence-corrected chi connectivity index (χ4v) is 6.37. The van der Waals surface area contributed by atoms with E-state index in [-0.39, 0.29) is 28.6 Å². The SMILES string of the molecule is Cc1ccc(CN2CCN(C(=O)c3ccc4oc(C(=O)NC5CCN(Cc6ccc(OC(F)(F)F)c(Cl)c6)CC5)cc4c3)CC2)cc1. The van der Waals surface area contributed by atoms with Crippen LogP contribution in [-0.2, 0) is 13.1 Å². The van der Waals surface area contributed by atoms with Crippen molar-refractivity contribution < 1.29 is 31.9 Å². The Kier molecular flexibility index (Phi) is 9.77. The summed E-state index contributed by atoms with van der Waals surface area (Å²) in [4.78, 5) is 32.8. The number of halogens is 4.